The number of para-hydroxylation sites is 2. The third-order valence-corrected chi connectivity index (χ3v) is 3.38. The highest BCUT2D eigenvalue weighted by Gasteiger charge is 2.30. The molecular weight excluding hydrogens is 230 g/mol. The van der Waals surface area contributed by atoms with Gasteiger partial charge in [-0.2, -0.15) is 0 Å². The van der Waals surface area contributed by atoms with Crippen LogP contribution in [0.3, 0.4) is 0 Å². The summed E-state index contributed by atoms with van der Waals surface area (Å²) in [7, 11) is 0. The lowest BCUT2D eigenvalue weighted by Crippen LogP contribution is -2.44. The van der Waals surface area contributed by atoms with Crippen LogP contribution in [0.4, 0.5) is 11.4 Å². The van der Waals surface area contributed by atoms with Crippen molar-refractivity contribution in [3.05, 3.63) is 86.0 Å². The first-order valence-electron chi connectivity index (χ1n) is 6.53. The van der Waals surface area contributed by atoms with Crippen LogP contribution in [0.1, 0.15) is 0 Å². The van der Waals surface area contributed by atoms with Gasteiger partial charge in [-0.3, -0.25) is 4.48 Å². The van der Waals surface area contributed by atoms with Gasteiger partial charge in [0.05, 0.1) is 0 Å². The molecule has 0 amide bonds. The highest BCUT2D eigenvalue weighted by Crippen LogP contribution is 2.34. The third kappa shape index (κ3) is 2.67. The van der Waals surface area contributed by atoms with Crippen molar-refractivity contribution in [2.24, 2.45) is 0 Å². The molecule has 0 spiro atoms. The summed E-state index contributed by atoms with van der Waals surface area (Å²) in [6.45, 7) is 9.55. The van der Waals surface area contributed by atoms with Gasteiger partial charge in [0, 0.05) is 0 Å². The Morgan fingerprint density at radius 2 is 1.05 bits per heavy atom. The Kier molecular flexibility index (Phi) is 4.32. The second-order valence-electron chi connectivity index (χ2n) is 4.58. The minimum atomic E-state index is 0.731. The molecule has 0 aliphatic carbocycles. The number of hydrogen-bond acceptors (Lipinski definition) is 0. The van der Waals surface area contributed by atoms with E-state index in [0.717, 1.165) is 17.6 Å². The Morgan fingerprint density at radius 1 is 0.684 bits per heavy atom. The van der Waals surface area contributed by atoms with E-state index in [4.69, 9.17) is 0 Å². The molecule has 2 aromatic carbocycles. The Labute approximate surface area is 115 Å². The summed E-state index contributed by atoms with van der Waals surface area (Å²) in [5, 5.41) is 0. The van der Waals surface area contributed by atoms with Gasteiger partial charge in [-0.05, 0) is 36.4 Å². The summed E-state index contributed by atoms with van der Waals surface area (Å²) in [5.41, 5.74) is 2.52. The van der Waals surface area contributed by atoms with Crippen LogP contribution in [0.5, 0.6) is 0 Å². The van der Waals surface area contributed by atoms with E-state index < -0.39 is 0 Å². The molecule has 0 aliphatic rings. The van der Waals surface area contributed by atoms with Crippen LogP contribution >= 0.6 is 0 Å². The third-order valence-electron chi connectivity index (χ3n) is 3.38. The summed E-state index contributed by atoms with van der Waals surface area (Å²) in [4.78, 5) is 0. The van der Waals surface area contributed by atoms with E-state index in [1.165, 1.54) is 11.4 Å². The molecule has 0 N–H and O–H groups in total. The van der Waals surface area contributed by atoms with E-state index in [1.807, 2.05) is 24.3 Å². The average molecular weight is 250 g/mol. The largest absolute Gasteiger partial charge is 0.252 e. The van der Waals surface area contributed by atoms with E-state index in [0.29, 0.717) is 0 Å². The van der Waals surface area contributed by atoms with Crippen LogP contribution in [-0.4, -0.2) is 13.1 Å². The second kappa shape index (κ2) is 6.17. The predicted octanol–water partition coefficient (Wildman–Crippen LogP) is 4.70. The van der Waals surface area contributed by atoms with Gasteiger partial charge >= 0.3 is 0 Å². The quantitative estimate of drug-likeness (QED) is 0.515. The van der Waals surface area contributed by atoms with Crippen molar-refractivity contribution in [3.63, 3.8) is 0 Å². The van der Waals surface area contributed by atoms with E-state index in [2.05, 4.69) is 61.7 Å². The number of quaternary nitrogens is 1. The van der Waals surface area contributed by atoms with Crippen molar-refractivity contribution in [3.8, 4) is 0 Å². The summed E-state index contributed by atoms with van der Waals surface area (Å²) in [6, 6.07) is 21.1. The fraction of sp³-hybridized carbons (Fsp3) is 0.111. The lowest BCUT2D eigenvalue weighted by molar-refractivity contribution is 0.462. The fourth-order valence-electron chi connectivity index (χ4n) is 2.51. The van der Waals surface area contributed by atoms with Crippen molar-refractivity contribution >= 4 is 11.4 Å². The maximum Gasteiger partial charge on any atom is 0.138 e. The zero-order valence-corrected chi connectivity index (χ0v) is 11.2. The van der Waals surface area contributed by atoms with Crippen molar-refractivity contribution in [2.75, 3.05) is 13.1 Å². The van der Waals surface area contributed by atoms with E-state index in [-0.39, 0.29) is 0 Å². The summed E-state index contributed by atoms with van der Waals surface area (Å²) >= 11 is 0. The van der Waals surface area contributed by atoms with Crippen LogP contribution in [0, 0.1) is 0 Å². The monoisotopic (exact) mass is 250 g/mol. The summed E-state index contributed by atoms with van der Waals surface area (Å²) < 4.78 is 0.731. The zero-order chi connectivity index (χ0) is 13.6. The van der Waals surface area contributed by atoms with Crippen LogP contribution in [0.15, 0.2) is 86.0 Å². The molecule has 0 atom stereocenters. The van der Waals surface area contributed by atoms with Gasteiger partial charge in [0.2, 0.25) is 0 Å². The van der Waals surface area contributed by atoms with Gasteiger partial charge in [-0.1, -0.05) is 49.6 Å². The standard InChI is InChI=1S/C18H20N/c1-3-15-19(16-4-2,17-11-7-5-8-12-17)18-13-9-6-10-14-18/h3-14H,1-2,15-16H2/q+1. The van der Waals surface area contributed by atoms with E-state index in [9.17, 15) is 0 Å². The van der Waals surface area contributed by atoms with Crippen LogP contribution in [-0.2, 0) is 0 Å². The first kappa shape index (κ1) is 13.3. The fourth-order valence-corrected chi connectivity index (χ4v) is 2.51. The van der Waals surface area contributed by atoms with Crippen LogP contribution in [0.2, 0.25) is 0 Å². The van der Waals surface area contributed by atoms with Gasteiger partial charge in [-0.15, -0.1) is 0 Å². The molecule has 0 unspecified atom stereocenters. The molecule has 1 heteroatoms. The lowest BCUT2D eigenvalue weighted by Gasteiger charge is -2.36. The van der Waals surface area contributed by atoms with E-state index >= 15 is 0 Å². The molecule has 19 heavy (non-hydrogen) atoms. The first-order valence-corrected chi connectivity index (χ1v) is 6.53. The average Bonchev–Trinajstić information content (AvgIpc) is 2.49. The summed E-state index contributed by atoms with van der Waals surface area (Å²) in [6.07, 6.45) is 3.95. The Bertz CT molecular complexity index is 477. The van der Waals surface area contributed by atoms with Crippen molar-refractivity contribution in [1.29, 1.82) is 0 Å². The van der Waals surface area contributed by atoms with Crippen molar-refractivity contribution in [2.45, 2.75) is 0 Å². The van der Waals surface area contributed by atoms with Gasteiger partial charge < -0.3 is 0 Å². The Morgan fingerprint density at radius 3 is 1.37 bits per heavy atom. The van der Waals surface area contributed by atoms with Gasteiger partial charge in [0.15, 0.2) is 0 Å². The molecule has 0 radical (unpaired) electrons. The molecular formula is C18H20N+. The molecule has 0 aromatic heterocycles. The minimum absolute atomic E-state index is 0.731. The highest BCUT2D eigenvalue weighted by atomic mass is 15.4. The molecule has 96 valence electrons. The van der Waals surface area contributed by atoms with Crippen molar-refractivity contribution < 1.29 is 0 Å². The smallest absolute Gasteiger partial charge is 0.138 e. The molecule has 0 fully saturated rings. The second-order valence-corrected chi connectivity index (χ2v) is 4.58. The molecule has 0 bridgehead atoms. The molecule has 0 saturated carbocycles. The maximum atomic E-state index is 3.93. The van der Waals surface area contributed by atoms with Crippen LogP contribution < -0.4 is 4.48 Å². The zero-order valence-electron chi connectivity index (χ0n) is 11.2. The molecule has 0 aliphatic heterocycles. The predicted molar refractivity (Wildman–Crippen MR) is 84.5 cm³/mol. The Balaban J connectivity index is 2.60. The number of nitrogens with zero attached hydrogens (tertiary/aromatic N) is 1. The minimum Gasteiger partial charge on any atom is -0.252 e. The van der Waals surface area contributed by atoms with Crippen LogP contribution in [0.25, 0.3) is 0 Å². The molecule has 1 nitrogen and oxygen atoms in total. The van der Waals surface area contributed by atoms with E-state index in [1.54, 1.807) is 0 Å². The normalized spacial score (nSPS) is 10.9. The van der Waals surface area contributed by atoms with Gasteiger partial charge in [-0.25, -0.2) is 0 Å². The van der Waals surface area contributed by atoms with Gasteiger partial charge in [0.25, 0.3) is 0 Å². The topological polar surface area (TPSA) is 0 Å². The number of benzene rings is 2. The maximum absolute atomic E-state index is 3.93. The van der Waals surface area contributed by atoms with Crippen molar-refractivity contribution in [1.82, 2.24) is 4.48 Å². The molecule has 0 saturated heterocycles. The number of hydrogen-bond donors (Lipinski definition) is 0. The molecule has 2 rings (SSSR count). The molecule has 0 heterocycles. The number of rotatable bonds is 6. The highest BCUT2D eigenvalue weighted by molar-refractivity contribution is 5.59. The summed E-state index contributed by atoms with van der Waals surface area (Å²) in [5.74, 6) is 0. The van der Waals surface area contributed by atoms with Gasteiger partial charge in [0.1, 0.15) is 24.5 Å². The lowest BCUT2D eigenvalue weighted by atomic mass is 10.1. The molecule has 2 aromatic rings. The Hall–Kier alpha value is -2.12. The SMILES string of the molecule is C=CC[N+](CC=C)(c1ccccc1)c1ccccc1. The first-order chi connectivity index (χ1) is 9.33.